The van der Waals surface area contributed by atoms with Crippen molar-refractivity contribution in [1.82, 2.24) is 0 Å². The Bertz CT molecular complexity index is 396. The van der Waals surface area contributed by atoms with Gasteiger partial charge in [-0.25, -0.2) is 0 Å². The average molecular weight is 274 g/mol. The second-order valence-electron chi connectivity index (χ2n) is 6.25. The van der Waals surface area contributed by atoms with Gasteiger partial charge in [-0.3, -0.25) is 0 Å². The molecule has 0 aliphatic heterocycles. The summed E-state index contributed by atoms with van der Waals surface area (Å²) in [5.74, 6) is 0.885. The Kier molecular flexibility index (Phi) is 5.90. The first-order valence-corrected chi connectivity index (χ1v) is 8.28. The highest BCUT2D eigenvalue weighted by Gasteiger charge is 2.22. The summed E-state index contributed by atoms with van der Waals surface area (Å²) in [7, 11) is 0. The Morgan fingerprint density at radius 2 is 2.00 bits per heavy atom. The molecule has 112 valence electrons. The number of nitrogens with zero attached hydrogens (tertiary/aromatic N) is 1. The highest BCUT2D eigenvalue weighted by molar-refractivity contribution is 5.49. The highest BCUT2D eigenvalue weighted by Crippen LogP contribution is 2.30. The predicted octanol–water partition coefficient (Wildman–Crippen LogP) is 4.12. The summed E-state index contributed by atoms with van der Waals surface area (Å²) in [5.41, 5.74) is 8.76. The van der Waals surface area contributed by atoms with Crippen molar-refractivity contribution in [1.29, 1.82) is 0 Å². The smallest absolute Gasteiger partial charge is 0.0414 e. The predicted molar refractivity (Wildman–Crippen MR) is 88.2 cm³/mol. The molecule has 0 heterocycles. The van der Waals surface area contributed by atoms with Crippen molar-refractivity contribution >= 4 is 5.69 Å². The molecule has 1 aliphatic carbocycles. The minimum atomic E-state index is 0.491. The van der Waals surface area contributed by atoms with Crippen molar-refractivity contribution in [3.63, 3.8) is 0 Å². The van der Waals surface area contributed by atoms with Gasteiger partial charge in [-0.2, -0.15) is 0 Å². The van der Waals surface area contributed by atoms with E-state index in [1.54, 1.807) is 0 Å². The Hall–Kier alpha value is -1.02. The first-order valence-electron chi connectivity index (χ1n) is 8.28. The number of rotatable bonds is 6. The molecule has 1 saturated carbocycles. The maximum absolute atomic E-state index is 6.10. The van der Waals surface area contributed by atoms with Crippen LogP contribution in [0, 0.1) is 12.8 Å². The topological polar surface area (TPSA) is 29.3 Å². The van der Waals surface area contributed by atoms with Crippen LogP contribution in [0.2, 0.25) is 0 Å². The van der Waals surface area contributed by atoms with Gasteiger partial charge in [0.2, 0.25) is 0 Å². The van der Waals surface area contributed by atoms with Crippen LogP contribution in [0.3, 0.4) is 0 Å². The van der Waals surface area contributed by atoms with E-state index in [0.29, 0.717) is 6.04 Å². The van der Waals surface area contributed by atoms with E-state index in [4.69, 9.17) is 5.73 Å². The van der Waals surface area contributed by atoms with Crippen LogP contribution in [-0.4, -0.2) is 19.1 Å². The number of benzene rings is 1. The molecular weight excluding hydrogens is 244 g/mol. The van der Waals surface area contributed by atoms with E-state index in [0.717, 1.165) is 19.0 Å². The van der Waals surface area contributed by atoms with E-state index >= 15 is 0 Å². The van der Waals surface area contributed by atoms with Crippen molar-refractivity contribution in [2.45, 2.75) is 58.4 Å². The van der Waals surface area contributed by atoms with Crippen LogP contribution < -0.4 is 10.6 Å². The minimum absolute atomic E-state index is 0.491. The summed E-state index contributed by atoms with van der Waals surface area (Å²) < 4.78 is 0. The molecule has 2 N–H and O–H groups in total. The molecular formula is C18H30N2. The molecule has 0 amide bonds. The van der Waals surface area contributed by atoms with Crippen molar-refractivity contribution in [2.75, 3.05) is 18.0 Å². The van der Waals surface area contributed by atoms with Gasteiger partial charge < -0.3 is 10.6 Å². The number of likely N-dealkylation sites (N-methyl/N-ethyl adjacent to an activating group) is 1. The fourth-order valence-corrected chi connectivity index (χ4v) is 3.62. The van der Waals surface area contributed by atoms with Gasteiger partial charge in [0.25, 0.3) is 0 Å². The average Bonchev–Trinajstić information content (AvgIpc) is 2.48. The van der Waals surface area contributed by atoms with E-state index in [9.17, 15) is 0 Å². The van der Waals surface area contributed by atoms with Crippen LogP contribution in [0.1, 0.15) is 51.0 Å². The second-order valence-corrected chi connectivity index (χ2v) is 6.25. The zero-order valence-corrected chi connectivity index (χ0v) is 13.1. The summed E-state index contributed by atoms with van der Waals surface area (Å²) in [4.78, 5) is 2.50. The molecule has 1 unspecified atom stereocenters. The molecule has 0 radical (unpaired) electrons. The first-order chi connectivity index (χ1) is 9.74. The van der Waals surface area contributed by atoms with E-state index in [-0.39, 0.29) is 0 Å². The molecule has 0 bridgehead atoms. The Morgan fingerprint density at radius 3 is 2.60 bits per heavy atom. The fourth-order valence-electron chi connectivity index (χ4n) is 3.62. The van der Waals surface area contributed by atoms with E-state index in [1.807, 2.05) is 0 Å². The van der Waals surface area contributed by atoms with Gasteiger partial charge in [-0.15, -0.1) is 0 Å². The quantitative estimate of drug-likeness (QED) is 0.845. The molecule has 0 aromatic heterocycles. The summed E-state index contributed by atoms with van der Waals surface area (Å²) in [6.45, 7) is 6.21. The number of hydrogen-bond donors (Lipinski definition) is 1. The summed E-state index contributed by atoms with van der Waals surface area (Å²) >= 11 is 0. The van der Waals surface area contributed by atoms with Gasteiger partial charge in [0.1, 0.15) is 0 Å². The minimum Gasteiger partial charge on any atom is -0.368 e. The fraction of sp³-hybridized carbons (Fsp3) is 0.667. The van der Waals surface area contributed by atoms with E-state index < -0.39 is 0 Å². The highest BCUT2D eigenvalue weighted by atomic mass is 15.2. The molecule has 20 heavy (non-hydrogen) atoms. The molecule has 1 aromatic rings. The monoisotopic (exact) mass is 274 g/mol. The Labute approximate surface area is 124 Å². The SMILES string of the molecule is CCN(c1cccc(C)c1)C(CN)CC1CCCCC1. The van der Waals surface area contributed by atoms with Crippen molar-refractivity contribution in [3.8, 4) is 0 Å². The molecule has 1 aliphatic rings. The molecule has 2 rings (SSSR count). The third-order valence-electron chi connectivity index (χ3n) is 4.72. The molecule has 2 heteroatoms. The maximum Gasteiger partial charge on any atom is 0.0414 e. The maximum atomic E-state index is 6.10. The van der Waals surface area contributed by atoms with Crippen LogP contribution in [0.5, 0.6) is 0 Å². The molecule has 2 nitrogen and oxygen atoms in total. The van der Waals surface area contributed by atoms with Gasteiger partial charge in [0.05, 0.1) is 0 Å². The van der Waals surface area contributed by atoms with Gasteiger partial charge in [-0.1, -0.05) is 44.2 Å². The molecule has 1 fully saturated rings. The normalized spacial score (nSPS) is 17.9. The van der Waals surface area contributed by atoms with Gasteiger partial charge >= 0.3 is 0 Å². The van der Waals surface area contributed by atoms with Crippen molar-refractivity contribution < 1.29 is 0 Å². The van der Waals surface area contributed by atoms with Crippen LogP contribution in [0.15, 0.2) is 24.3 Å². The zero-order valence-electron chi connectivity index (χ0n) is 13.1. The largest absolute Gasteiger partial charge is 0.368 e. The first kappa shape index (κ1) is 15.4. The number of aryl methyl sites for hydroxylation is 1. The summed E-state index contributed by atoms with van der Waals surface area (Å²) in [6.07, 6.45) is 8.33. The Balaban J connectivity index is 2.06. The lowest BCUT2D eigenvalue weighted by atomic mass is 9.84. The lowest BCUT2D eigenvalue weighted by molar-refractivity contribution is 0.314. The van der Waals surface area contributed by atoms with Crippen molar-refractivity contribution in [3.05, 3.63) is 29.8 Å². The van der Waals surface area contributed by atoms with Crippen LogP contribution in [-0.2, 0) is 0 Å². The summed E-state index contributed by atoms with van der Waals surface area (Å²) in [6, 6.07) is 9.31. The standard InChI is InChI=1S/C18H30N2/c1-3-20(17-11-7-8-15(2)12-17)18(14-19)13-16-9-5-4-6-10-16/h7-8,11-12,16,18H,3-6,9-10,13-14,19H2,1-2H3. The van der Waals surface area contributed by atoms with Crippen LogP contribution >= 0.6 is 0 Å². The van der Waals surface area contributed by atoms with E-state index in [2.05, 4.69) is 43.0 Å². The third kappa shape index (κ3) is 3.99. The van der Waals surface area contributed by atoms with Crippen molar-refractivity contribution in [2.24, 2.45) is 11.7 Å². The number of hydrogen-bond acceptors (Lipinski definition) is 2. The number of anilines is 1. The van der Waals surface area contributed by atoms with Gasteiger partial charge in [-0.05, 0) is 43.9 Å². The lowest BCUT2D eigenvalue weighted by Crippen LogP contribution is -2.42. The van der Waals surface area contributed by atoms with E-state index in [1.165, 1.54) is 49.8 Å². The van der Waals surface area contributed by atoms with Gasteiger partial charge in [0.15, 0.2) is 0 Å². The van der Waals surface area contributed by atoms with Crippen LogP contribution in [0.4, 0.5) is 5.69 Å². The zero-order chi connectivity index (χ0) is 14.4. The summed E-state index contributed by atoms with van der Waals surface area (Å²) in [5, 5.41) is 0. The Morgan fingerprint density at radius 1 is 1.25 bits per heavy atom. The molecule has 0 saturated heterocycles. The second kappa shape index (κ2) is 7.68. The third-order valence-corrected chi connectivity index (χ3v) is 4.72. The molecule has 1 atom stereocenters. The molecule has 0 spiro atoms. The lowest BCUT2D eigenvalue weighted by Gasteiger charge is -2.35. The number of nitrogens with two attached hydrogens (primary N) is 1. The van der Waals surface area contributed by atoms with Crippen LogP contribution in [0.25, 0.3) is 0 Å². The molecule has 1 aromatic carbocycles. The van der Waals surface area contributed by atoms with Gasteiger partial charge in [0, 0.05) is 24.8 Å².